The van der Waals surface area contributed by atoms with E-state index in [1.165, 1.54) is 24.8 Å². The van der Waals surface area contributed by atoms with Crippen LogP contribution < -0.4 is 5.73 Å². The normalized spacial score (nSPS) is 21.0. The highest BCUT2D eigenvalue weighted by molar-refractivity contribution is 6.32. The van der Waals surface area contributed by atoms with Gasteiger partial charge in [-0.05, 0) is 30.2 Å². The summed E-state index contributed by atoms with van der Waals surface area (Å²) in [6.45, 7) is 3.89. The summed E-state index contributed by atoms with van der Waals surface area (Å²) in [5.41, 5.74) is 6.30. The molecule has 8 nitrogen and oxygen atoms in total. The summed E-state index contributed by atoms with van der Waals surface area (Å²) in [4.78, 5) is 37.8. The molecule has 1 aliphatic rings. The predicted octanol–water partition coefficient (Wildman–Crippen LogP) is 2.12. The second-order valence-corrected chi connectivity index (χ2v) is 7.27. The minimum absolute atomic E-state index is 0.0310. The molecule has 0 saturated carbocycles. The van der Waals surface area contributed by atoms with Crippen LogP contribution >= 0.6 is 23.2 Å². The largest absolute Gasteiger partial charge is 0.445 e. The summed E-state index contributed by atoms with van der Waals surface area (Å²) in [6.07, 6.45) is -1.99. The minimum Gasteiger partial charge on any atom is -0.445 e. The molecule has 2 rings (SSSR count). The van der Waals surface area contributed by atoms with Gasteiger partial charge in [-0.15, -0.1) is 11.6 Å². The number of alkyl halides is 1. The summed E-state index contributed by atoms with van der Waals surface area (Å²) in [6, 6.07) is 1.89. The SMILES string of the molecule is CC(=O)OC1CN(C(C)c2cc(F)cc(Cl)c2CCl)C(OC(C)=O)N1CC(N)=O. The number of nitrogens with zero attached hydrogens (tertiary/aromatic N) is 2. The third kappa shape index (κ3) is 5.57. The van der Waals surface area contributed by atoms with Crippen molar-refractivity contribution in [3.8, 4) is 0 Å². The number of hydrogen-bond donors (Lipinski definition) is 1. The van der Waals surface area contributed by atoms with Crippen molar-refractivity contribution in [1.82, 2.24) is 9.80 Å². The van der Waals surface area contributed by atoms with E-state index in [-0.39, 0.29) is 24.0 Å². The average molecular weight is 450 g/mol. The lowest BCUT2D eigenvalue weighted by atomic mass is 10.0. The van der Waals surface area contributed by atoms with Crippen molar-refractivity contribution in [3.63, 3.8) is 0 Å². The maximum atomic E-state index is 14.0. The number of esters is 2. The first-order valence-corrected chi connectivity index (χ1v) is 9.64. The van der Waals surface area contributed by atoms with Gasteiger partial charge >= 0.3 is 11.9 Å². The Kier molecular flexibility index (Phi) is 7.81. The third-order valence-corrected chi connectivity index (χ3v) is 5.10. The van der Waals surface area contributed by atoms with E-state index in [4.69, 9.17) is 38.4 Å². The van der Waals surface area contributed by atoms with Crippen LogP contribution in [0.15, 0.2) is 12.1 Å². The molecule has 1 aromatic rings. The molecule has 0 bridgehead atoms. The lowest BCUT2D eigenvalue weighted by molar-refractivity contribution is -0.182. The molecule has 0 radical (unpaired) electrons. The van der Waals surface area contributed by atoms with Crippen molar-refractivity contribution in [2.75, 3.05) is 13.1 Å². The van der Waals surface area contributed by atoms with Crippen LogP contribution in [0.3, 0.4) is 0 Å². The van der Waals surface area contributed by atoms with Crippen molar-refractivity contribution in [3.05, 3.63) is 34.1 Å². The smallest absolute Gasteiger partial charge is 0.305 e. The van der Waals surface area contributed by atoms with Crippen molar-refractivity contribution in [1.29, 1.82) is 0 Å². The molecule has 0 spiro atoms. The van der Waals surface area contributed by atoms with Gasteiger partial charge in [0.15, 0.2) is 6.23 Å². The molecule has 160 valence electrons. The Hall–Kier alpha value is -1.94. The highest BCUT2D eigenvalue weighted by atomic mass is 35.5. The van der Waals surface area contributed by atoms with Crippen molar-refractivity contribution in [2.24, 2.45) is 5.73 Å². The summed E-state index contributed by atoms with van der Waals surface area (Å²) >= 11 is 12.1. The molecular weight excluding hydrogens is 428 g/mol. The lowest BCUT2D eigenvalue weighted by Crippen LogP contribution is -2.48. The first-order valence-electron chi connectivity index (χ1n) is 8.73. The zero-order valence-corrected chi connectivity index (χ0v) is 17.7. The molecule has 1 saturated heterocycles. The van der Waals surface area contributed by atoms with Crippen LogP contribution in [-0.2, 0) is 29.7 Å². The fourth-order valence-electron chi connectivity index (χ4n) is 3.31. The lowest BCUT2D eigenvalue weighted by Gasteiger charge is -2.33. The second-order valence-electron chi connectivity index (χ2n) is 6.60. The molecule has 29 heavy (non-hydrogen) atoms. The molecule has 1 amide bonds. The Morgan fingerprint density at radius 3 is 2.41 bits per heavy atom. The highest BCUT2D eigenvalue weighted by Crippen LogP contribution is 2.36. The number of primary amides is 1. The highest BCUT2D eigenvalue weighted by Gasteiger charge is 2.46. The van der Waals surface area contributed by atoms with Gasteiger partial charge in [0.25, 0.3) is 0 Å². The minimum atomic E-state index is -1.08. The van der Waals surface area contributed by atoms with Gasteiger partial charge in [0, 0.05) is 30.8 Å². The Balaban J connectivity index is 2.48. The Morgan fingerprint density at radius 2 is 1.90 bits per heavy atom. The topological polar surface area (TPSA) is 102 Å². The first kappa shape index (κ1) is 23.3. The molecule has 3 atom stereocenters. The van der Waals surface area contributed by atoms with Crippen LogP contribution in [0, 0.1) is 5.82 Å². The quantitative estimate of drug-likeness (QED) is 0.502. The number of halogens is 3. The second kappa shape index (κ2) is 9.71. The van der Waals surface area contributed by atoms with E-state index in [0.717, 1.165) is 6.07 Å². The molecule has 1 heterocycles. The number of nitrogens with two attached hydrogens (primary N) is 1. The van der Waals surface area contributed by atoms with Crippen molar-refractivity contribution >= 4 is 41.0 Å². The molecule has 1 fully saturated rings. The summed E-state index contributed by atoms with van der Waals surface area (Å²) in [5.74, 6) is -2.44. The van der Waals surface area contributed by atoms with Crippen LogP contribution in [0.1, 0.15) is 37.9 Å². The van der Waals surface area contributed by atoms with Crippen molar-refractivity contribution < 1.29 is 28.2 Å². The van der Waals surface area contributed by atoms with Crippen molar-refractivity contribution in [2.45, 2.75) is 45.3 Å². The van der Waals surface area contributed by atoms with Gasteiger partial charge in [-0.2, -0.15) is 0 Å². The van der Waals surface area contributed by atoms with Gasteiger partial charge in [-0.25, -0.2) is 14.2 Å². The van der Waals surface area contributed by atoms with E-state index in [2.05, 4.69) is 0 Å². The molecule has 2 N–H and O–H groups in total. The van der Waals surface area contributed by atoms with Gasteiger partial charge < -0.3 is 15.2 Å². The number of ether oxygens (including phenoxy) is 2. The molecular formula is C18H22Cl2FN3O5. The predicted molar refractivity (Wildman–Crippen MR) is 103 cm³/mol. The summed E-state index contributed by atoms with van der Waals surface area (Å²) < 4.78 is 24.7. The Bertz CT molecular complexity index is 810. The van der Waals surface area contributed by atoms with E-state index in [0.29, 0.717) is 11.1 Å². The fourth-order valence-corrected chi connectivity index (χ4v) is 3.96. The maximum Gasteiger partial charge on any atom is 0.305 e. The number of carbonyl (C=O) groups is 3. The molecule has 0 aromatic heterocycles. The standard InChI is InChI=1S/C18H22Cl2FN3O5/c1-9(13-4-12(21)5-15(20)14(13)6-19)23-8-17(28-10(2)25)24(7-16(22)27)18(23)29-11(3)26/h4-5,9,17-18H,6-8H2,1-3H3,(H2,22,27). The van der Waals surface area contributed by atoms with Crippen LogP contribution in [0.5, 0.6) is 0 Å². The Labute approximate surface area is 177 Å². The molecule has 3 unspecified atom stereocenters. The van der Waals surface area contributed by atoms with Gasteiger partial charge in [0.05, 0.1) is 13.1 Å². The van der Waals surface area contributed by atoms with Gasteiger partial charge in [-0.3, -0.25) is 14.4 Å². The van der Waals surface area contributed by atoms with Crippen LogP contribution in [-0.4, -0.2) is 53.3 Å². The fraction of sp³-hybridized carbons (Fsp3) is 0.500. The molecule has 11 heteroatoms. The summed E-state index contributed by atoms with van der Waals surface area (Å²) in [7, 11) is 0. The van der Waals surface area contributed by atoms with E-state index in [1.807, 2.05) is 0 Å². The van der Waals surface area contributed by atoms with Crippen LogP contribution in [0.25, 0.3) is 0 Å². The number of rotatable bonds is 7. The Morgan fingerprint density at radius 1 is 1.28 bits per heavy atom. The van der Waals surface area contributed by atoms with E-state index < -0.39 is 42.3 Å². The van der Waals surface area contributed by atoms with Gasteiger partial charge in [-0.1, -0.05) is 11.6 Å². The number of carbonyl (C=O) groups excluding carboxylic acids is 3. The van der Waals surface area contributed by atoms with Crippen LogP contribution in [0.4, 0.5) is 4.39 Å². The maximum absolute atomic E-state index is 14.0. The monoisotopic (exact) mass is 449 g/mol. The molecule has 1 aliphatic heterocycles. The van der Waals surface area contributed by atoms with E-state index in [1.54, 1.807) is 11.8 Å². The number of benzene rings is 1. The number of amides is 1. The zero-order valence-electron chi connectivity index (χ0n) is 16.2. The van der Waals surface area contributed by atoms with E-state index in [9.17, 15) is 18.8 Å². The van der Waals surface area contributed by atoms with Crippen LogP contribution in [0.2, 0.25) is 5.02 Å². The first-order chi connectivity index (χ1) is 13.5. The van der Waals surface area contributed by atoms with E-state index >= 15 is 0 Å². The summed E-state index contributed by atoms with van der Waals surface area (Å²) in [5, 5.41) is 0.163. The van der Waals surface area contributed by atoms with Gasteiger partial charge in [0.1, 0.15) is 5.82 Å². The molecule has 0 aliphatic carbocycles. The zero-order chi connectivity index (χ0) is 21.9. The molecule has 1 aromatic carbocycles. The number of hydrogen-bond acceptors (Lipinski definition) is 7. The average Bonchev–Trinajstić information content (AvgIpc) is 2.89. The van der Waals surface area contributed by atoms with Gasteiger partial charge in [0.2, 0.25) is 12.3 Å². The third-order valence-electron chi connectivity index (χ3n) is 4.49.